The minimum Gasteiger partial charge on any atom is -0.462 e. The van der Waals surface area contributed by atoms with Crippen LogP contribution in [0.2, 0.25) is 0 Å². The van der Waals surface area contributed by atoms with Crippen molar-refractivity contribution in [2.45, 2.75) is 84.4 Å². The lowest BCUT2D eigenvalue weighted by molar-refractivity contribution is -0.289. The lowest BCUT2D eigenvalue weighted by Gasteiger charge is -2.56. The van der Waals surface area contributed by atoms with Crippen molar-refractivity contribution in [3.05, 3.63) is 0 Å². The van der Waals surface area contributed by atoms with E-state index >= 15 is 0 Å². The van der Waals surface area contributed by atoms with E-state index in [-0.39, 0.29) is 29.1 Å². The van der Waals surface area contributed by atoms with Gasteiger partial charge in [-0.15, -0.1) is 0 Å². The van der Waals surface area contributed by atoms with Gasteiger partial charge in [0.15, 0.2) is 0 Å². The largest absolute Gasteiger partial charge is 0.462 e. The molecule has 1 fully saturated rings. The quantitative estimate of drug-likeness (QED) is 0.796. The van der Waals surface area contributed by atoms with Gasteiger partial charge in [-0.2, -0.15) is 5.06 Å². The molecule has 4 atom stereocenters. The highest BCUT2D eigenvalue weighted by molar-refractivity contribution is 5.69. The van der Waals surface area contributed by atoms with Crippen molar-refractivity contribution in [2.75, 3.05) is 0 Å². The highest BCUT2D eigenvalue weighted by atomic mass is 16.5. The smallest absolute Gasteiger partial charge is 0.305 e. The first-order chi connectivity index (χ1) is 8.75. The van der Waals surface area contributed by atoms with E-state index in [2.05, 4.69) is 27.7 Å². The third-order valence-electron chi connectivity index (χ3n) is 5.22. The maximum absolute atomic E-state index is 11.6. The molecule has 1 aliphatic heterocycles. The molecule has 1 aliphatic rings. The molecule has 0 aromatic carbocycles. The van der Waals surface area contributed by atoms with E-state index in [0.29, 0.717) is 12.8 Å². The topological polar surface area (TPSA) is 49.8 Å². The molecule has 0 aliphatic carbocycles. The normalized spacial score (nSPS) is 40.2. The lowest BCUT2D eigenvalue weighted by atomic mass is 9.69. The molecule has 0 saturated carbocycles. The molecule has 4 unspecified atom stereocenters. The summed E-state index contributed by atoms with van der Waals surface area (Å²) >= 11 is 0. The van der Waals surface area contributed by atoms with E-state index in [1.54, 1.807) is 0 Å². The van der Waals surface area contributed by atoms with Crippen LogP contribution in [0.3, 0.4) is 0 Å². The molecule has 0 radical (unpaired) electrons. The Kier molecular flexibility index (Phi) is 5.02. The number of nitrogens with zero attached hydrogens (tertiary/aromatic N) is 1. The molecule has 112 valence electrons. The minimum absolute atomic E-state index is 0.109. The summed E-state index contributed by atoms with van der Waals surface area (Å²) < 4.78 is 5.62. The maximum Gasteiger partial charge on any atom is 0.305 e. The Morgan fingerprint density at radius 1 is 1.32 bits per heavy atom. The Bertz CT molecular complexity index is 333. The van der Waals surface area contributed by atoms with Crippen molar-refractivity contribution in [1.82, 2.24) is 5.06 Å². The maximum atomic E-state index is 11.6. The summed E-state index contributed by atoms with van der Waals surface area (Å²) in [5, 5.41) is 12.1. The van der Waals surface area contributed by atoms with Gasteiger partial charge in [0.25, 0.3) is 0 Å². The van der Waals surface area contributed by atoms with Gasteiger partial charge in [-0.3, -0.25) is 4.79 Å². The van der Waals surface area contributed by atoms with E-state index in [9.17, 15) is 10.0 Å². The van der Waals surface area contributed by atoms with E-state index in [4.69, 9.17) is 4.74 Å². The lowest BCUT2D eigenvalue weighted by Crippen LogP contribution is -2.66. The molecule has 0 amide bonds. The summed E-state index contributed by atoms with van der Waals surface area (Å²) in [6.07, 6.45) is 2.61. The SMILES string of the molecule is CCC(=O)OC1CC(C)(CC)N(O)C(C)(CC)C1C. The van der Waals surface area contributed by atoms with Gasteiger partial charge in [0, 0.05) is 29.8 Å². The average Bonchev–Trinajstić information content (AvgIpc) is 2.42. The number of rotatable bonds is 4. The zero-order chi connectivity index (χ0) is 14.8. The van der Waals surface area contributed by atoms with Crippen LogP contribution in [0.5, 0.6) is 0 Å². The molecule has 19 heavy (non-hydrogen) atoms. The predicted molar refractivity (Wildman–Crippen MR) is 75.0 cm³/mol. The zero-order valence-corrected chi connectivity index (χ0v) is 13.2. The number of carbonyl (C=O) groups excluding carboxylic acids is 1. The first kappa shape index (κ1) is 16.4. The van der Waals surface area contributed by atoms with Gasteiger partial charge in [0.1, 0.15) is 6.10 Å². The second kappa shape index (κ2) is 5.80. The fourth-order valence-corrected chi connectivity index (χ4v) is 3.07. The van der Waals surface area contributed by atoms with E-state index in [0.717, 1.165) is 12.8 Å². The number of esters is 1. The Morgan fingerprint density at radius 2 is 1.89 bits per heavy atom. The van der Waals surface area contributed by atoms with Crippen LogP contribution in [-0.2, 0) is 9.53 Å². The monoisotopic (exact) mass is 271 g/mol. The second-order valence-electron chi connectivity index (χ2n) is 6.25. The summed E-state index contributed by atoms with van der Waals surface area (Å²) in [6.45, 7) is 12.1. The first-order valence-corrected chi connectivity index (χ1v) is 7.43. The van der Waals surface area contributed by atoms with E-state index < -0.39 is 0 Å². The van der Waals surface area contributed by atoms with Gasteiger partial charge in [-0.25, -0.2) is 0 Å². The molecule has 0 aromatic rings. The Hall–Kier alpha value is -0.610. The number of hydrogen-bond acceptors (Lipinski definition) is 4. The standard InChI is InChI=1S/C15H29NO3/c1-7-13(17)19-12-10-14(5,8-2)16(18)15(6,9-3)11(12)4/h11-12,18H,7-10H2,1-6H3. The molecule has 0 aromatic heterocycles. The summed E-state index contributed by atoms with van der Waals surface area (Å²) in [7, 11) is 0. The molecule has 1 N–H and O–H groups in total. The van der Waals surface area contributed by atoms with Crippen LogP contribution in [-0.4, -0.2) is 33.4 Å². The molecule has 1 saturated heterocycles. The molecular formula is C15H29NO3. The number of hydrogen-bond donors (Lipinski definition) is 1. The fraction of sp³-hybridized carbons (Fsp3) is 0.933. The third kappa shape index (κ3) is 2.79. The van der Waals surface area contributed by atoms with Gasteiger partial charge in [-0.05, 0) is 26.7 Å². The second-order valence-corrected chi connectivity index (χ2v) is 6.25. The zero-order valence-electron chi connectivity index (χ0n) is 13.2. The van der Waals surface area contributed by atoms with Crippen LogP contribution < -0.4 is 0 Å². The Morgan fingerprint density at radius 3 is 2.32 bits per heavy atom. The minimum atomic E-state index is -0.359. The van der Waals surface area contributed by atoms with Gasteiger partial charge in [-0.1, -0.05) is 27.7 Å². The molecule has 0 spiro atoms. The van der Waals surface area contributed by atoms with Crippen molar-refractivity contribution in [2.24, 2.45) is 5.92 Å². The van der Waals surface area contributed by atoms with Gasteiger partial charge >= 0.3 is 5.97 Å². The van der Waals surface area contributed by atoms with Crippen molar-refractivity contribution >= 4 is 5.97 Å². The average molecular weight is 271 g/mol. The molecule has 1 heterocycles. The van der Waals surface area contributed by atoms with Crippen LogP contribution in [0.15, 0.2) is 0 Å². The fourth-order valence-electron chi connectivity index (χ4n) is 3.07. The highest BCUT2D eigenvalue weighted by Crippen LogP contribution is 2.45. The van der Waals surface area contributed by atoms with Crippen LogP contribution in [0, 0.1) is 5.92 Å². The number of ether oxygens (including phenoxy) is 1. The van der Waals surface area contributed by atoms with Crippen molar-refractivity contribution < 1.29 is 14.7 Å². The first-order valence-electron chi connectivity index (χ1n) is 7.43. The molecule has 0 bridgehead atoms. The molecule has 4 nitrogen and oxygen atoms in total. The Balaban J connectivity index is 3.05. The number of hydroxylamine groups is 2. The highest BCUT2D eigenvalue weighted by Gasteiger charge is 2.53. The predicted octanol–water partition coefficient (Wildman–Crippen LogP) is 3.38. The summed E-state index contributed by atoms with van der Waals surface area (Å²) in [4.78, 5) is 11.6. The van der Waals surface area contributed by atoms with Gasteiger partial charge in [0.05, 0.1) is 0 Å². The van der Waals surface area contributed by atoms with Crippen LogP contribution in [0.25, 0.3) is 0 Å². The number of carbonyl (C=O) groups is 1. The van der Waals surface area contributed by atoms with E-state index in [1.165, 1.54) is 5.06 Å². The van der Waals surface area contributed by atoms with Crippen molar-refractivity contribution in [3.8, 4) is 0 Å². The summed E-state index contributed by atoms with van der Waals surface area (Å²) in [6, 6.07) is 0. The third-order valence-corrected chi connectivity index (χ3v) is 5.22. The molecule has 4 heteroatoms. The molecular weight excluding hydrogens is 242 g/mol. The Labute approximate surface area is 117 Å². The summed E-state index contributed by atoms with van der Waals surface area (Å²) in [5.41, 5.74) is -0.697. The molecule has 1 rings (SSSR count). The van der Waals surface area contributed by atoms with Gasteiger partial charge in [0.2, 0.25) is 0 Å². The van der Waals surface area contributed by atoms with Crippen LogP contribution >= 0.6 is 0 Å². The van der Waals surface area contributed by atoms with Gasteiger partial charge < -0.3 is 9.94 Å². The van der Waals surface area contributed by atoms with E-state index in [1.807, 2.05) is 13.8 Å². The van der Waals surface area contributed by atoms with Crippen LogP contribution in [0.4, 0.5) is 0 Å². The number of piperidine rings is 1. The van der Waals surface area contributed by atoms with Crippen LogP contribution in [0.1, 0.15) is 67.2 Å². The van der Waals surface area contributed by atoms with Crippen molar-refractivity contribution in [3.63, 3.8) is 0 Å². The van der Waals surface area contributed by atoms with Crippen molar-refractivity contribution in [1.29, 1.82) is 0 Å². The summed E-state index contributed by atoms with van der Waals surface area (Å²) in [5.74, 6) is -0.0437.